The van der Waals surface area contributed by atoms with Gasteiger partial charge in [0.15, 0.2) is 0 Å². The second-order valence-corrected chi connectivity index (χ2v) is 5.58. The third-order valence-electron chi connectivity index (χ3n) is 3.92. The molecule has 0 saturated heterocycles. The van der Waals surface area contributed by atoms with Crippen LogP contribution in [0.15, 0.2) is 18.2 Å². The lowest BCUT2D eigenvalue weighted by molar-refractivity contribution is -0.0219. The van der Waals surface area contributed by atoms with Gasteiger partial charge in [-0.15, -0.1) is 0 Å². The number of hydrogen-bond acceptors (Lipinski definition) is 2. The van der Waals surface area contributed by atoms with Crippen molar-refractivity contribution in [2.45, 2.75) is 51.7 Å². The molecule has 2 nitrogen and oxygen atoms in total. The third-order valence-corrected chi connectivity index (χ3v) is 4.16. The summed E-state index contributed by atoms with van der Waals surface area (Å²) in [6.07, 6.45) is 6.70. The van der Waals surface area contributed by atoms with Gasteiger partial charge in [0.25, 0.3) is 0 Å². The van der Waals surface area contributed by atoms with Crippen molar-refractivity contribution >= 4 is 17.3 Å². The molecule has 0 spiro atoms. The van der Waals surface area contributed by atoms with Crippen molar-refractivity contribution in [3.05, 3.63) is 28.8 Å². The first-order chi connectivity index (χ1) is 8.70. The van der Waals surface area contributed by atoms with Crippen LogP contribution >= 0.6 is 11.6 Å². The van der Waals surface area contributed by atoms with Crippen molar-refractivity contribution in [2.24, 2.45) is 5.92 Å². The highest BCUT2D eigenvalue weighted by atomic mass is 35.5. The molecule has 2 atom stereocenters. The summed E-state index contributed by atoms with van der Waals surface area (Å²) in [6.45, 7) is 2.83. The number of rotatable bonds is 4. The molecule has 1 aliphatic rings. The summed E-state index contributed by atoms with van der Waals surface area (Å²) in [7, 11) is 0. The van der Waals surface area contributed by atoms with Gasteiger partial charge in [-0.2, -0.15) is 0 Å². The number of anilines is 1. The molecule has 2 N–H and O–H groups in total. The highest BCUT2D eigenvalue weighted by Gasteiger charge is 2.24. The lowest BCUT2D eigenvalue weighted by atomic mass is 9.85. The Morgan fingerprint density at radius 3 is 2.89 bits per heavy atom. The van der Waals surface area contributed by atoms with Gasteiger partial charge in [-0.25, -0.2) is 0 Å². The molecule has 2 unspecified atom stereocenters. The van der Waals surface area contributed by atoms with Crippen LogP contribution in [0.2, 0.25) is 5.02 Å². The van der Waals surface area contributed by atoms with Crippen molar-refractivity contribution in [3.63, 3.8) is 0 Å². The molecular weight excluding hydrogens is 246 g/mol. The minimum absolute atomic E-state index is 0.391. The van der Waals surface area contributed by atoms with Crippen LogP contribution in [0.3, 0.4) is 0 Å². The van der Waals surface area contributed by atoms with Crippen molar-refractivity contribution in [3.8, 4) is 0 Å². The SMILES string of the molecule is CCC1CCCCC1OCc1cc(Cl)ccc1N. The van der Waals surface area contributed by atoms with Crippen LogP contribution in [0.1, 0.15) is 44.6 Å². The number of hydrogen-bond donors (Lipinski definition) is 1. The molecule has 1 aromatic carbocycles. The van der Waals surface area contributed by atoms with Crippen LogP contribution in [0.25, 0.3) is 0 Å². The summed E-state index contributed by atoms with van der Waals surface area (Å²) >= 11 is 5.98. The van der Waals surface area contributed by atoms with E-state index in [1.165, 1.54) is 32.1 Å². The van der Waals surface area contributed by atoms with Crippen LogP contribution in [0.5, 0.6) is 0 Å². The molecule has 1 saturated carbocycles. The molecule has 100 valence electrons. The van der Waals surface area contributed by atoms with Crippen LogP contribution in [0, 0.1) is 5.92 Å². The van der Waals surface area contributed by atoms with Crippen LogP contribution < -0.4 is 5.73 Å². The van der Waals surface area contributed by atoms with Crippen LogP contribution in [-0.2, 0) is 11.3 Å². The molecule has 18 heavy (non-hydrogen) atoms. The summed E-state index contributed by atoms with van der Waals surface area (Å²) in [5.41, 5.74) is 7.70. The van der Waals surface area contributed by atoms with E-state index < -0.39 is 0 Å². The summed E-state index contributed by atoms with van der Waals surface area (Å²) in [5.74, 6) is 0.708. The first kappa shape index (κ1) is 13.7. The summed E-state index contributed by atoms with van der Waals surface area (Å²) in [5, 5.41) is 0.721. The normalized spacial score (nSPS) is 24.1. The molecule has 1 aromatic rings. The topological polar surface area (TPSA) is 35.2 Å². The van der Waals surface area contributed by atoms with Crippen molar-refractivity contribution in [2.75, 3.05) is 5.73 Å². The average molecular weight is 268 g/mol. The molecule has 1 fully saturated rings. The predicted molar refractivity (Wildman–Crippen MR) is 76.7 cm³/mol. The van der Waals surface area contributed by atoms with Gasteiger partial charge < -0.3 is 10.5 Å². The minimum Gasteiger partial charge on any atom is -0.398 e. The third kappa shape index (κ3) is 3.39. The molecule has 0 amide bonds. The maximum absolute atomic E-state index is 6.07. The number of halogens is 1. The summed E-state index contributed by atoms with van der Waals surface area (Å²) in [4.78, 5) is 0. The quantitative estimate of drug-likeness (QED) is 0.821. The zero-order chi connectivity index (χ0) is 13.0. The van der Waals surface area contributed by atoms with Gasteiger partial charge in [0.2, 0.25) is 0 Å². The van der Waals surface area contributed by atoms with E-state index in [1.54, 1.807) is 0 Å². The Kier molecular flexibility index (Phi) is 4.90. The van der Waals surface area contributed by atoms with E-state index in [1.807, 2.05) is 18.2 Å². The van der Waals surface area contributed by atoms with Gasteiger partial charge >= 0.3 is 0 Å². The molecule has 0 aliphatic heterocycles. The Hall–Kier alpha value is -0.730. The maximum atomic E-state index is 6.07. The molecule has 0 aromatic heterocycles. The van der Waals surface area contributed by atoms with Gasteiger partial charge in [0.05, 0.1) is 12.7 Å². The lowest BCUT2D eigenvalue weighted by Crippen LogP contribution is -2.27. The Bertz CT molecular complexity index is 394. The molecular formula is C15H22ClNO. The van der Waals surface area contributed by atoms with E-state index in [9.17, 15) is 0 Å². The molecule has 2 rings (SSSR count). The zero-order valence-corrected chi connectivity index (χ0v) is 11.7. The first-order valence-corrected chi connectivity index (χ1v) is 7.24. The fourth-order valence-corrected chi connectivity index (χ4v) is 2.95. The largest absolute Gasteiger partial charge is 0.398 e. The highest BCUT2D eigenvalue weighted by molar-refractivity contribution is 6.30. The van der Waals surface area contributed by atoms with E-state index in [2.05, 4.69) is 6.92 Å². The van der Waals surface area contributed by atoms with Crippen molar-refractivity contribution in [1.82, 2.24) is 0 Å². The van der Waals surface area contributed by atoms with Crippen molar-refractivity contribution in [1.29, 1.82) is 0 Å². The Balaban J connectivity index is 1.95. The molecule has 0 radical (unpaired) electrons. The second-order valence-electron chi connectivity index (χ2n) is 5.15. The average Bonchev–Trinajstić information content (AvgIpc) is 2.40. The maximum Gasteiger partial charge on any atom is 0.0741 e. The van der Waals surface area contributed by atoms with Crippen molar-refractivity contribution < 1.29 is 4.74 Å². The fourth-order valence-electron chi connectivity index (χ4n) is 2.76. The standard InChI is InChI=1S/C15H22ClNO/c1-2-11-5-3-4-6-15(11)18-10-12-9-13(16)7-8-14(12)17/h7-9,11,15H,2-6,10,17H2,1H3. The van der Waals surface area contributed by atoms with Gasteiger partial charge in [-0.3, -0.25) is 0 Å². The first-order valence-electron chi connectivity index (χ1n) is 6.86. The number of benzene rings is 1. The number of nitrogens with two attached hydrogens (primary N) is 1. The summed E-state index contributed by atoms with van der Waals surface area (Å²) < 4.78 is 6.07. The summed E-state index contributed by atoms with van der Waals surface area (Å²) in [6, 6.07) is 5.57. The number of nitrogen functional groups attached to an aromatic ring is 1. The Morgan fingerprint density at radius 1 is 1.33 bits per heavy atom. The van der Waals surface area contributed by atoms with E-state index >= 15 is 0 Å². The van der Waals surface area contributed by atoms with Crippen LogP contribution in [0.4, 0.5) is 5.69 Å². The minimum atomic E-state index is 0.391. The van der Waals surface area contributed by atoms with Crippen LogP contribution in [-0.4, -0.2) is 6.10 Å². The lowest BCUT2D eigenvalue weighted by Gasteiger charge is -2.31. The second kappa shape index (κ2) is 6.44. The Morgan fingerprint density at radius 2 is 2.11 bits per heavy atom. The zero-order valence-electron chi connectivity index (χ0n) is 11.0. The van der Waals surface area contributed by atoms with Gasteiger partial charge in [0, 0.05) is 16.3 Å². The molecule has 1 aliphatic carbocycles. The van der Waals surface area contributed by atoms with Gasteiger partial charge in [-0.05, 0) is 37.0 Å². The Labute approximate surface area is 114 Å². The molecule has 0 bridgehead atoms. The monoisotopic (exact) mass is 267 g/mol. The van der Waals surface area contributed by atoms with E-state index in [-0.39, 0.29) is 0 Å². The van der Waals surface area contributed by atoms with E-state index in [4.69, 9.17) is 22.1 Å². The smallest absolute Gasteiger partial charge is 0.0741 e. The highest BCUT2D eigenvalue weighted by Crippen LogP contribution is 2.30. The molecule has 3 heteroatoms. The van der Waals surface area contributed by atoms with Gasteiger partial charge in [-0.1, -0.05) is 37.8 Å². The number of ether oxygens (including phenoxy) is 1. The van der Waals surface area contributed by atoms with E-state index in [0.717, 1.165) is 16.3 Å². The fraction of sp³-hybridized carbons (Fsp3) is 0.600. The molecule has 0 heterocycles. The van der Waals surface area contributed by atoms with E-state index in [0.29, 0.717) is 18.6 Å². The predicted octanol–water partition coefficient (Wildman–Crippen LogP) is 4.41. The van der Waals surface area contributed by atoms with Gasteiger partial charge in [0.1, 0.15) is 0 Å².